The van der Waals surface area contributed by atoms with Gasteiger partial charge in [-0.3, -0.25) is 9.59 Å². The van der Waals surface area contributed by atoms with Gasteiger partial charge in [0.2, 0.25) is 0 Å². The Hall–Kier alpha value is -0.680. The van der Waals surface area contributed by atoms with Crippen molar-refractivity contribution in [2.45, 2.75) is 0 Å². The molecule has 0 bridgehead atoms. The zero-order valence-corrected chi connectivity index (χ0v) is 11.0. The SMILES string of the molecule is O=Cc1ccsc1.O=Cc1csc(Cl)c1Cl. The first kappa shape index (κ1) is 13.4. The quantitative estimate of drug-likeness (QED) is 0.768. The first-order valence-corrected chi connectivity index (χ1v) is 6.62. The van der Waals surface area contributed by atoms with Gasteiger partial charge in [0.1, 0.15) is 4.34 Å². The second kappa shape index (κ2) is 6.81. The monoisotopic (exact) mass is 292 g/mol. The molecular formula is C10H6Cl2O2S2. The summed E-state index contributed by atoms with van der Waals surface area (Å²) in [6, 6.07) is 1.79. The van der Waals surface area contributed by atoms with Gasteiger partial charge in [0.15, 0.2) is 12.6 Å². The van der Waals surface area contributed by atoms with E-state index in [4.69, 9.17) is 23.2 Å². The van der Waals surface area contributed by atoms with Crippen molar-refractivity contribution in [2.75, 3.05) is 0 Å². The van der Waals surface area contributed by atoms with E-state index in [9.17, 15) is 9.59 Å². The van der Waals surface area contributed by atoms with Crippen LogP contribution in [0.1, 0.15) is 20.7 Å². The van der Waals surface area contributed by atoms with E-state index in [1.165, 1.54) is 22.7 Å². The largest absolute Gasteiger partial charge is 0.298 e. The van der Waals surface area contributed by atoms with Gasteiger partial charge >= 0.3 is 0 Å². The number of carbonyl (C=O) groups excluding carboxylic acids is 2. The van der Waals surface area contributed by atoms with Gasteiger partial charge in [-0.25, -0.2) is 0 Å². The van der Waals surface area contributed by atoms with Gasteiger partial charge in [0.25, 0.3) is 0 Å². The van der Waals surface area contributed by atoms with Gasteiger partial charge in [-0.05, 0) is 11.4 Å². The summed E-state index contributed by atoms with van der Waals surface area (Å²) in [7, 11) is 0. The Morgan fingerprint density at radius 3 is 2.12 bits per heavy atom. The Balaban J connectivity index is 0.000000165. The minimum atomic E-state index is 0.358. The van der Waals surface area contributed by atoms with Gasteiger partial charge in [-0.2, -0.15) is 11.3 Å². The van der Waals surface area contributed by atoms with E-state index in [-0.39, 0.29) is 0 Å². The molecule has 6 heteroatoms. The van der Waals surface area contributed by atoms with E-state index < -0.39 is 0 Å². The topological polar surface area (TPSA) is 34.1 Å². The summed E-state index contributed by atoms with van der Waals surface area (Å²) < 4.78 is 0.471. The zero-order valence-electron chi connectivity index (χ0n) is 7.85. The molecule has 0 saturated carbocycles. The first-order valence-electron chi connectivity index (χ1n) is 4.04. The van der Waals surface area contributed by atoms with E-state index in [0.29, 0.717) is 21.2 Å². The van der Waals surface area contributed by atoms with Crippen molar-refractivity contribution in [3.05, 3.63) is 42.7 Å². The lowest BCUT2D eigenvalue weighted by Crippen LogP contribution is -1.70. The lowest BCUT2D eigenvalue weighted by Gasteiger charge is -1.80. The molecule has 0 unspecified atom stereocenters. The van der Waals surface area contributed by atoms with Crippen LogP contribution in [-0.4, -0.2) is 12.6 Å². The maximum atomic E-state index is 10.1. The normalized spacial score (nSPS) is 9.12. The number of thiophene rings is 2. The van der Waals surface area contributed by atoms with Crippen molar-refractivity contribution in [2.24, 2.45) is 0 Å². The van der Waals surface area contributed by atoms with Crippen molar-refractivity contribution in [3.63, 3.8) is 0 Å². The summed E-state index contributed by atoms with van der Waals surface area (Å²) in [5, 5.41) is 5.67. The van der Waals surface area contributed by atoms with Crippen molar-refractivity contribution < 1.29 is 9.59 Å². The maximum absolute atomic E-state index is 10.1. The molecule has 0 N–H and O–H groups in total. The molecule has 0 aliphatic heterocycles. The summed E-state index contributed by atoms with van der Waals surface area (Å²) in [5.74, 6) is 0. The lowest BCUT2D eigenvalue weighted by molar-refractivity contribution is 0.111. The van der Waals surface area contributed by atoms with Gasteiger partial charge < -0.3 is 0 Å². The number of rotatable bonds is 2. The van der Waals surface area contributed by atoms with E-state index in [0.717, 1.165) is 11.8 Å². The lowest BCUT2D eigenvalue weighted by atomic mass is 10.4. The van der Waals surface area contributed by atoms with Crippen LogP contribution in [0.15, 0.2) is 22.2 Å². The van der Waals surface area contributed by atoms with Crippen LogP contribution in [0.2, 0.25) is 9.36 Å². The third-order valence-corrected chi connectivity index (χ3v) is 4.08. The molecule has 0 amide bonds. The van der Waals surface area contributed by atoms with E-state index in [1.54, 1.807) is 11.4 Å². The molecule has 0 saturated heterocycles. The van der Waals surface area contributed by atoms with Crippen LogP contribution < -0.4 is 0 Å². The molecule has 2 aromatic rings. The van der Waals surface area contributed by atoms with Gasteiger partial charge in [-0.15, -0.1) is 11.3 Å². The Bertz CT molecular complexity index is 463. The Labute approximate surface area is 110 Å². The van der Waals surface area contributed by atoms with E-state index >= 15 is 0 Å². The number of aldehydes is 2. The Morgan fingerprint density at radius 2 is 1.88 bits per heavy atom. The maximum Gasteiger partial charge on any atom is 0.152 e. The van der Waals surface area contributed by atoms with E-state index in [2.05, 4.69) is 0 Å². The third kappa shape index (κ3) is 3.72. The zero-order chi connectivity index (χ0) is 12.0. The summed E-state index contributed by atoms with van der Waals surface area (Å²) >= 11 is 13.9. The minimum Gasteiger partial charge on any atom is -0.298 e. The highest BCUT2D eigenvalue weighted by atomic mass is 35.5. The van der Waals surface area contributed by atoms with Crippen LogP contribution >= 0.6 is 45.9 Å². The molecule has 2 aromatic heterocycles. The van der Waals surface area contributed by atoms with Gasteiger partial charge in [0, 0.05) is 21.9 Å². The molecule has 2 rings (SSSR count). The summed E-state index contributed by atoms with van der Waals surface area (Å²) in [6.07, 6.45) is 1.53. The fourth-order valence-corrected chi connectivity index (χ4v) is 2.52. The molecule has 2 nitrogen and oxygen atoms in total. The first-order chi connectivity index (χ1) is 7.69. The van der Waals surface area contributed by atoms with Crippen molar-refractivity contribution in [1.29, 1.82) is 0 Å². The fraction of sp³-hybridized carbons (Fsp3) is 0. The number of hydrogen-bond acceptors (Lipinski definition) is 4. The Morgan fingerprint density at radius 1 is 1.12 bits per heavy atom. The fourth-order valence-electron chi connectivity index (χ4n) is 0.754. The average Bonchev–Trinajstić information content (AvgIpc) is 2.91. The van der Waals surface area contributed by atoms with Crippen LogP contribution in [0, 0.1) is 0 Å². The second-order valence-electron chi connectivity index (χ2n) is 2.57. The van der Waals surface area contributed by atoms with Crippen LogP contribution in [0.5, 0.6) is 0 Å². The molecule has 0 aliphatic rings. The number of carbonyl (C=O) groups is 2. The second-order valence-corrected chi connectivity index (χ2v) is 5.21. The minimum absolute atomic E-state index is 0.358. The average molecular weight is 293 g/mol. The molecular weight excluding hydrogens is 287 g/mol. The molecule has 0 aliphatic carbocycles. The summed E-state index contributed by atoms with van der Waals surface area (Å²) in [4.78, 5) is 20.0. The van der Waals surface area contributed by atoms with Crippen molar-refractivity contribution in [3.8, 4) is 0 Å². The van der Waals surface area contributed by atoms with Crippen molar-refractivity contribution >= 4 is 58.4 Å². The molecule has 2 heterocycles. The predicted molar refractivity (Wildman–Crippen MR) is 69.4 cm³/mol. The van der Waals surface area contributed by atoms with Gasteiger partial charge in [-0.1, -0.05) is 23.2 Å². The smallest absolute Gasteiger partial charge is 0.152 e. The number of halogens is 2. The highest BCUT2D eigenvalue weighted by Gasteiger charge is 2.04. The molecule has 16 heavy (non-hydrogen) atoms. The summed E-state index contributed by atoms with van der Waals surface area (Å²) in [5.41, 5.74) is 1.23. The van der Waals surface area contributed by atoms with Crippen LogP contribution in [0.3, 0.4) is 0 Å². The van der Waals surface area contributed by atoms with Crippen molar-refractivity contribution in [1.82, 2.24) is 0 Å². The molecule has 84 valence electrons. The standard InChI is InChI=1S/C5H2Cl2OS.C5H4OS/c6-4-3(1-8)2-9-5(4)7;6-3-5-1-2-7-4-5/h1-2H;1-4H. The van der Waals surface area contributed by atoms with Crippen LogP contribution in [0.4, 0.5) is 0 Å². The molecule has 0 radical (unpaired) electrons. The van der Waals surface area contributed by atoms with Crippen LogP contribution in [0.25, 0.3) is 0 Å². The van der Waals surface area contributed by atoms with Gasteiger partial charge in [0.05, 0.1) is 5.02 Å². The molecule has 0 aromatic carbocycles. The summed E-state index contributed by atoms with van der Waals surface area (Å²) in [6.45, 7) is 0. The molecule has 0 fully saturated rings. The Kier molecular flexibility index (Phi) is 5.69. The predicted octanol–water partition coefficient (Wildman–Crippen LogP) is 4.43. The number of hydrogen-bond donors (Lipinski definition) is 0. The van der Waals surface area contributed by atoms with Crippen LogP contribution in [-0.2, 0) is 0 Å². The highest BCUT2D eigenvalue weighted by Crippen LogP contribution is 2.30. The van der Waals surface area contributed by atoms with E-state index in [1.807, 2.05) is 10.8 Å². The third-order valence-electron chi connectivity index (χ3n) is 1.52. The molecule has 0 atom stereocenters. The molecule has 0 spiro atoms. The highest BCUT2D eigenvalue weighted by molar-refractivity contribution is 7.15.